The number of nitrogens with zero attached hydrogens (tertiary/aromatic N) is 3. The van der Waals surface area contributed by atoms with Crippen LogP contribution in [0.3, 0.4) is 0 Å². The SMILES string of the molecule is O=C1CC(c2nc(-c3ccc(OC(F)(F)F)cc3)no2)CN1Cc1ccc(I)cc1. The summed E-state index contributed by atoms with van der Waals surface area (Å²) in [4.78, 5) is 18.5. The number of carbonyl (C=O) groups is 1. The second-order valence-corrected chi connectivity index (χ2v) is 8.08. The molecule has 1 unspecified atom stereocenters. The molecule has 3 aromatic rings. The number of hydrogen-bond acceptors (Lipinski definition) is 5. The van der Waals surface area contributed by atoms with Crippen LogP contribution in [-0.4, -0.2) is 33.9 Å². The molecule has 1 fully saturated rings. The lowest BCUT2D eigenvalue weighted by molar-refractivity contribution is -0.274. The van der Waals surface area contributed by atoms with Crippen LogP contribution in [0, 0.1) is 3.57 Å². The van der Waals surface area contributed by atoms with Gasteiger partial charge in [-0.1, -0.05) is 17.3 Å². The minimum atomic E-state index is -4.75. The van der Waals surface area contributed by atoms with E-state index in [4.69, 9.17) is 4.52 Å². The summed E-state index contributed by atoms with van der Waals surface area (Å²) in [5, 5.41) is 3.90. The summed E-state index contributed by atoms with van der Waals surface area (Å²) in [6.07, 6.45) is -4.48. The number of likely N-dealkylation sites (tertiary alicyclic amines) is 1. The first-order valence-corrected chi connectivity index (χ1v) is 10.1. The largest absolute Gasteiger partial charge is 0.573 e. The van der Waals surface area contributed by atoms with Gasteiger partial charge < -0.3 is 14.2 Å². The predicted molar refractivity (Wildman–Crippen MR) is 108 cm³/mol. The van der Waals surface area contributed by atoms with E-state index in [0.29, 0.717) is 24.5 Å². The van der Waals surface area contributed by atoms with Crippen molar-refractivity contribution in [2.24, 2.45) is 0 Å². The number of carbonyl (C=O) groups excluding carboxylic acids is 1. The van der Waals surface area contributed by atoms with Crippen molar-refractivity contribution >= 4 is 28.5 Å². The molecule has 0 saturated carbocycles. The Hall–Kier alpha value is -2.63. The molecule has 0 bridgehead atoms. The molecule has 156 valence electrons. The van der Waals surface area contributed by atoms with E-state index in [1.807, 2.05) is 24.3 Å². The highest BCUT2D eigenvalue weighted by Crippen LogP contribution is 2.30. The minimum Gasteiger partial charge on any atom is -0.406 e. The zero-order valence-corrected chi connectivity index (χ0v) is 17.6. The second kappa shape index (κ2) is 8.25. The van der Waals surface area contributed by atoms with E-state index in [9.17, 15) is 18.0 Å². The van der Waals surface area contributed by atoms with E-state index in [0.717, 1.165) is 9.13 Å². The van der Waals surface area contributed by atoms with Crippen LogP contribution in [0.1, 0.15) is 23.8 Å². The Morgan fingerprint density at radius 2 is 1.83 bits per heavy atom. The van der Waals surface area contributed by atoms with E-state index in [2.05, 4.69) is 37.5 Å². The topological polar surface area (TPSA) is 68.5 Å². The van der Waals surface area contributed by atoms with Crippen LogP contribution in [0.25, 0.3) is 11.4 Å². The summed E-state index contributed by atoms with van der Waals surface area (Å²) in [5.41, 5.74) is 1.52. The Kier molecular flexibility index (Phi) is 5.67. The van der Waals surface area contributed by atoms with Crippen LogP contribution in [-0.2, 0) is 11.3 Å². The molecule has 1 aliphatic heterocycles. The quantitative estimate of drug-likeness (QED) is 0.447. The van der Waals surface area contributed by atoms with Gasteiger partial charge in [0.1, 0.15) is 5.75 Å². The van der Waals surface area contributed by atoms with Gasteiger partial charge in [0.05, 0.1) is 5.92 Å². The minimum absolute atomic E-state index is 0.00644. The van der Waals surface area contributed by atoms with E-state index in [1.54, 1.807) is 4.90 Å². The average molecular weight is 529 g/mol. The van der Waals surface area contributed by atoms with Crippen LogP contribution < -0.4 is 4.74 Å². The van der Waals surface area contributed by atoms with Crippen LogP contribution in [0.4, 0.5) is 13.2 Å². The van der Waals surface area contributed by atoms with Crippen molar-refractivity contribution in [1.82, 2.24) is 15.0 Å². The standard InChI is InChI=1S/C20H15F3IN3O3/c21-20(22,23)29-16-7-3-13(4-8-16)18-25-19(30-26-18)14-9-17(28)27(11-14)10-12-1-5-15(24)6-2-12/h1-8,14H,9-11H2. The molecule has 2 aromatic carbocycles. The van der Waals surface area contributed by atoms with Crippen molar-refractivity contribution in [2.45, 2.75) is 25.2 Å². The first-order valence-electron chi connectivity index (χ1n) is 8.99. The van der Waals surface area contributed by atoms with Crippen molar-refractivity contribution in [3.63, 3.8) is 0 Å². The Labute approximate surface area is 183 Å². The fourth-order valence-electron chi connectivity index (χ4n) is 3.22. The molecule has 10 heteroatoms. The second-order valence-electron chi connectivity index (χ2n) is 6.83. The molecule has 1 aliphatic rings. The number of alkyl halides is 3. The van der Waals surface area contributed by atoms with Gasteiger partial charge in [0.25, 0.3) is 0 Å². The molecular formula is C20H15F3IN3O3. The number of ether oxygens (including phenoxy) is 1. The smallest absolute Gasteiger partial charge is 0.406 e. The maximum absolute atomic E-state index is 12.4. The number of halogens is 4. The van der Waals surface area contributed by atoms with Gasteiger partial charge in [-0.3, -0.25) is 4.79 Å². The molecule has 0 radical (unpaired) electrons. The highest BCUT2D eigenvalue weighted by Gasteiger charge is 2.34. The molecule has 0 aliphatic carbocycles. The zero-order valence-electron chi connectivity index (χ0n) is 15.4. The van der Waals surface area contributed by atoms with Crippen LogP contribution in [0.15, 0.2) is 53.1 Å². The number of rotatable bonds is 5. The summed E-state index contributed by atoms with van der Waals surface area (Å²) in [6.45, 7) is 0.971. The first kappa shape index (κ1) is 20.6. The van der Waals surface area contributed by atoms with Gasteiger partial charge in [0, 0.05) is 28.6 Å². The summed E-state index contributed by atoms with van der Waals surface area (Å²) in [5.74, 6) is 0.0242. The van der Waals surface area contributed by atoms with Crippen molar-refractivity contribution in [2.75, 3.05) is 6.54 Å². The number of aromatic nitrogens is 2. The molecule has 1 amide bonds. The number of hydrogen-bond donors (Lipinski definition) is 0. The number of amides is 1. The van der Waals surface area contributed by atoms with Gasteiger partial charge in [-0.25, -0.2) is 0 Å². The van der Waals surface area contributed by atoms with Gasteiger partial charge in [0.15, 0.2) is 0 Å². The average Bonchev–Trinajstić information content (AvgIpc) is 3.30. The van der Waals surface area contributed by atoms with Crippen molar-refractivity contribution in [1.29, 1.82) is 0 Å². The number of benzene rings is 2. The van der Waals surface area contributed by atoms with Gasteiger partial charge in [-0.2, -0.15) is 4.98 Å². The normalized spacial score (nSPS) is 16.9. The lowest BCUT2D eigenvalue weighted by Crippen LogP contribution is -2.24. The fraction of sp³-hybridized carbons (Fsp3) is 0.250. The molecule has 6 nitrogen and oxygen atoms in total. The maximum atomic E-state index is 12.4. The van der Waals surface area contributed by atoms with E-state index >= 15 is 0 Å². The van der Waals surface area contributed by atoms with E-state index < -0.39 is 6.36 Å². The first-order chi connectivity index (χ1) is 14.3. The van der Waals surface area contributed by atoms with Gasteiger partial charge in [-0.15, -0.1) is 13.2 Å². The molecule has 0 spiro atoms. The summed E-state index contributed by atoms with van der Waals surface area (Å²) < 4.78 is 47.1. The maximum Gasteiger partial charge on any atom is 0.573 e. The summed E-state index contributed by atoms with van der Waals surface area (Å²) in [6, 6.07) is 13.1. The molecule has 1 atom stereocenters. The molecule has 4 rings (SSSR count). The Morgan fingerprint density at radius 1 is 1.13 bits per heavy atom. The monoisotopic (exact) mass is 529 g/mol. The van der Waals surface area contributed by atoms with Crippen LogP contribution >= 0.6 is 22.6 Å². The van der Waals surface area contributed by atoms with Crippen molar-refractivity contribution in [3.05, 3.63) is 63.6 Å². The predicted octanol–water partition coefficient (Wildman–Crippen LogP) is 4.76. The summed E-state index contributed by atoms with van der Waals surface area (Å²) >= 11 is 2.23. The van der Waals surface area contributed by atoms with E-state index in [-0.39, 0.29) is 29.8 Å². The third-order valence-corrected chi connectivity index (χ3v) is 5.36. The van der Waals surface area contributed by atoms with Gasteiger partial charge >= 0.3 is 6.36 Å². The Bertz CT molecular complexity index is 1040. The Balaban J connectivity index is 1.42. The molecule has 2 heterocycles. The summed E-state index contributed by atoms with van der Waals surface area (Å²) in [7, 11) is 0. The molecule has 1 aromatic heterocycles. The van der Waals surface area contributed by atoms with Gasteiger partial charge in [-0.05, 0) is 64.6 Å². The van der Waals surface area contributed by atoms with Crippen molar-refractivity contribution < 1.29 is 27.2 Å². The highest BCUT2D eigenvalue weighted by atomic mass is 127. The van der Waals surface area contributed by atoms with Crippen LogP contribution in [0.5, 0.6) is 5.75 Å². The van der Waals surface area contributed by atoms with Crippen molar-refractivity contribution in [3.8, 4) is 17.1 Å². The lowest BCUT2D eigenvalue weighted by Gasteiger charge is -2.16. The van der Waals surface area contributed by atoms with E-state index in [1.165, 1.54) is 24.3 Å². The Morgan fingerprint density at radius 3 is 2.50 bits per heavy atom. The lowest BCUT2D eigenvalue weighted by atomic mass is 10.1. The van der Waals surface area contributed by atoms with Crippen LogP contribution in [0.2, 0.25) is 0 Å². The third-order valence-electron chi connectivity index (χ3n) is 4.64. The molecule has 1 saturated heterocycles. The molecule has 30 heavy (non-hydrogen) atoms. The van der Waals surface area contributed by atoms with Gasteiger partial charge in [0.2, 0.25) is 17.6 Å². The third kappa shape index (κ3) is 4.91. The molecular weight excluding hydrogens is 514 g/mol. The zero-order chi connectivity index (χ0) is 21.3. The highest BCUT2D eigenvalue weighted by molar-refractivity contribution is 14.1. The fourth-order valence-corrected chi connectivity index (χ4v) is 3.58. The molecule has 0 N–H and O–H groups in total.